The SMILES string of the molecule is COc1cc2sc(C(=O)C[C@H](C)C(=O)O)cc2nc1OCCOc1c(OC)cc2sc(CCCC(=O)O)cc2c1F. The van der Waals surface area contributed by atoms with Crippen molar-refractivity contribution in [2.45, 2.75) is 32.6 Å². The van der Waals surface area contributed by atoms with Crippen molar-refractivity contribution in [1.82, 2.24) is 4.98 Å². The number of ether oxygens (including phenoxy) is 4. The summed E-state index contributed by atoms with van der Waals surface area (Å²) in [5.41, 5.74) is 0.493. The van der Waals surface area contributed by atoms with Crippen molar-refractivity contribution in [3.8, 4) is 23.1 Å². The molecule has 3 heterocycles. The summed E-state index contributed by atoms with van der Waals surface area (Å²) < 4.78 is 38.9. The number of benzene rings is 1. The highest BCUT2D eigenvalue weighted by Gasteiger charge is 2.21. The molecule has 10 nitrogen and oxygen atoms in total. The smallest absolute Gasteiger partial charge is 0.306 e. The first-order chi connectivity index (χ1) is 19.6. The van der Waals surface area contributed by atoms with E-state index in [1.54, 1.807) is 24.3 Å². The molecule has 2 N–H and O–H groups in total. The van der Waals surface area contributed by atoms with Gasteiger partial charge in [-0.3, -0.25) is 14.4 Å². The van der Waals surface area contributed by atoms with E-state index in [9.17, 15) is 14.4 Å². The summed E-state index contributed by atoms with van der Waals surface area (Å²) in [6.45, 7) is 1.43. The van der Waals surface area contributed by atoms with Gasteiger partial charge in [-0.2, -0.15) is 0 Å². The molecule has 218 valence electrons. The summed E-state index contributed by atoms with van der Waals surface area (Å²) in [4.78, 5) is 40.1. The van der Waals surface area contributed by atoms with Crippen LogP contribution < -0.4 is 18.9 Å². The minimum absolute atomic E-state index is 0.00831. The Morgan fingerprint density at radius 3 is 2.37 bits per heavy atom. The maximum Gasteiger partial charge on any atom is 0.306 e. The van der Waals surface area contributed by atoms with Crippen LogP contribution in [-0.2, 0) is 16.0 Å². The standard InChI is InChI=1S/C28H28FNO9S2/c1-14(28(34)35)9-18(31)23-11-17-22(41-23)13-20(37-3)27(30-17)39-8-7-38-26-19(36-2)12-21-16(25(26)29)10-15(40-21)5-4-6-24(32)33/h10-14H,4-9H2,1-3H3,(H,32,33)(H,34,35)/t14-/m0/s1. The van der Waals surface area contributed by atoms with Crippen molar-refractivity contribution in [1.29, 1.82) is 0 Å². The Hall–Kier alpha value is -3.97. The molecule has 0 amide bonds. The molecular formula is C28H28FNO9S2. The molecule has 0 saturated carbocycles. The Bertz CT molecular complexity index is 1600. The third-order valence-electron chi connectivity index (χ3n) is 6.18. The largest absolute Gasteiger partial charge is 0.493 e. The van der Waals surface area contributed by atoms with Gasteiger partial charge in [-0.05, 0) is 25.0 Å². The first kappa shape index (κ1) is 30.0. The predicted molar refractivity (Wildman–Crippen MR) is 152 cm³/mol. The lowest BCUT2D eigenvalue weighted by molar-refractivity contribution is -0.141. The molecule has 1 aromatic carbocycles. The molecule has 0 aliphatic carbocycles. The van der Waals surface area contributed by atoms with Crippen LogP contribution in [0.2, 0.25) is 0 Å². The molecule has 1 atom stereocenters. The lowest BCUT2D eigenvalue weighted by Crippen LogP contribution is -2.14. The number of hydrogen-bond acceptors (Lipinski definition) is 10. The van der Waals surface area contributed by atoms with Crippen molar-refractivity contribution in [3.05, 3.63) is 39.8 Å². The van der Waals surface area contributed by atoms with E-state index in [1.165, 1.54) is 43.8 Å². The number of carboxylic acid groups (broad SMARTS) is 2. The number of carbonyl (C=O) groups excluding carboxylic acids is 1. The van der Waals surface area contributed by atoms with Gasteiger partial charge in [0.25, 0.3) is 5.88 Å². The second kappa shape index (κ2) is 13.1. The van der Waals surface area contributed by atoms with Crippen LogP contribution in [0.25, 0.3) is 20.3 Å². The summed E-state index contributed by atoms with van der Waals surface area (Å²) >= 11 is 2.57. The van der Waals surface area contributed by atoms with E-state index >= 15 is 4.39 Å². The summed E-state index contributed by atoms with van der Waals surface area (Å²) in [6, 6.07) is 6.66. The Labute approximate surface area is 242 Å². The first-order valence-corrected chi connectivity index (χ1v) is 14.2. The summed E-state index contributed by atoms with van der Waals surface area (Å²) in [5, 5.41) is 18.3. The van der Waals surface area contributed by atoms with Crippen molar-refractivity contribution in [2.75, 3.05) is 27.4 Å². The fraction of sp³-hybridized carbons (Fsp3) is 0.357. The fourth-order valence-electron chi connectivity index (χ4n) is 4.04. The maximum absolute atomic E-state index is 15.4. The predicted octanol–water partition coefficient (Wildman–Crippen LogP) is 5.83. The average Bonchev–Trinajstić information content (AvgIpc) is 3.54. The second-order valence-electron chi connectivity index (χ2n) is 9.15. The van der Waals surface area contributed by atoms with E-state index in [0.29, 0.717) is 43.8 Å². The minimum atomic E-state index is -1.04. The molecule has 13 heteroatoms. The van der Waals surface area contributed by atoms with Gasteiger partial charge in [0, 0.05) is 39.9 Å². The Morgan fingerprint density at radius 1 is 0.976 bits per heavy atom. The molecule has 3 aromatic heterocycles. The van der Waals surface area contributed by atoms with Gasteiger partial charge in [-0.25, -0.2) is 9.37 Å². The number of halogens is 1. The van der Waals surface area contributed by atoms with Gasteiger partial charge in [0.15, 0.2) is 28.8 Å². The Kier molecular flexibility index (Phi) is 9.61. The molecule has 0 aliphatic heterocycles. The van der Waals surface area contributed by atoms with Gasteiger partial charge in [-0.1, -0.05) is 6.92 Å². The van der Waals surface area contributed by atoms with E-state index in [-0.39, 0.29) is 49.2 Å². The van der Waals surface area contributed by atoms with Gasteiger partial charge in [0.2, 0.25) is 0 Å². The Morgan fingerprint density at radius 2 is 1.68 bits per heavy atom. The molecule has 0 unspecified atom stereocenters. The van der Waals surface area contributed by atoms with Crippen LogP contribution >= 0.6 is 22.7 Å². The topological polar surface area (TPSA) is 141 Å². The third kappa shape index (κ3) is 7.03. The van der Waals surface area contributed by atoms with E-state index in [4.69, 9.17) is 29.2 Å². The van der Waals surface area contributed by atoms with E-state index in [2.05, 4.69) is 4.98 Å². The zero-order chi connectivity index (χ0) is 29.7. The van der Waals surface area contributed by atoms with Crippen LogP contribution in [0.1, 0.15) is 40.7 Å². The number of methoxy groups -OCH3 is 2. The highest BCUT2D eigenvalue weighted by atomic mass is 32.1. The zero-order valence-corrected chi connectivity index (χ0v) is 24.2. The third-order valence-corrected chi connectivity index (χ3v) is 8.43. The van der Waals surface area contributed by atoms with Crippen LogP contribution in [-0.4, -0.2) is 60.4 Å². The average molecular weight is 606 g/mol. The van der Waals surface area contributed by atoms with Gasteiger partial charge < -0.3 is 29.2 Å². The van der Waals surface area contributed by atoms with Gasteiger partial charge in [0.05, 0.1) is 35.2 Å². The number of carboxylic acids is 2. The molecule has 0 bridgehead atoms. The number of carbonyl (C=O) groups is 3. The van der Waals surface area contributed by atoms with Crippen molar-refractivity contribution >= 4 is 60.7 Å². The highest BCUT2D eigenvalue weighted by molar-refractivity contribution is 7.20. The van der Waals surface area contributed by atoms with Crippen molar-refractivity contribution in [3.63, 3.8) is 0 Å². The van der Waals surface area contributed by atoms with E-state index < -0.39 is 23.7 Å². The maximum atomic E-state index is 15.4. The lowest BCUT2D eigenvalue weighted by atomic mass is 10.0. The molecule has 41 heavy (non-hydrogen) atoms. The number of pyridine rings is 1. The zero-order valence-electron chi connectivity index (χ0n) is 22.5. The quantitative estimate of drug-likeness (QED) is 0.126. The van der Waals surface area contributed by atoms with Crippen molar-refractivity contribution < 1.29 is 47.9 Å². The minimum Gasteiger partial charge on any atom is -0.493 e. The number of hydrogen-bond donors (Lipinski definition) is 2. The number of fused-ring (bicyclic) bond motifs is 2. The molecular weight excluding hydrogens is 577 g/mol. The number of rotatable bonds is 15. The van der Waals surface area contributed by atoms with Crippen LogP contribution in [0, 0.1) is 11.7 Å². The number of aromatic nitrogens is 1. The van der Waals surface area contributed by atoms with Gasteiger partial charge >= 0.3 is 11.9 Å². The molecule has 0 aliphatic rings. The van der Waals surface area contributed by atoms with Crippen LogP contribution in [0.15, 0.2) is 24.3 Å². The lowest BCUT2D eigenvalue weighted by Gasteiger charge is -2.13. The van der Waals surface area contributed by atoms with Crippen LogP contribution in [0.3, 0.4) is 0 Å². The summed E-state index contributed by atoms with van der Waals surface area (Å²) in [5.74, 6) is -2.94. The molecule has 4 aromatic rings. The fourth-order valence-corrected chi connectivity index (χ4v) is 6.15. The molecule has 0 radical (unpaired) electrons. The molecule has 0 saturated heterocycles. The molecule has 0 spiro atoms. The number of aliphatic carboxylic acids is 2. The highest BCUT2D eigenvalue weighted by Crippen LogP contribution is 2.40. The second-order valence-corrected chi connectivity index (χ2v) is 11.4. The van der Waals surface area contributed by atoms with E-state index in [1.807, 2.05) is 0 Å². The Balaban J connectivity index is 1.44. The van der Waals surface area contributed by atoms with Crippen LogP contribution in [0.5, 0.6) is 23.1 Å². The number of nitrogens with zero attached hydrogens (tertiary/aromatic N) is 1. The number of ketones is 1. The van der Waals surface area contributed by atoms with Crippen LogP contribution in [0.4, 0.5) is 4.39 Å². The molecule has 0 fully saturated rings. The number of thiophene rings is 2. The number of aryl methyl sites for hydroxylation is 1. The number of Topliss-reactive ketones (excluding diaryl/α,β-unsaturated/α-hetero) is 1. The van der Waals surface area contributed by atoms with Crippen molar-refractivity contribution in [2.24, 2.45) is 5.92 Å². The summed E-state index contributed by atoms with van der Waals surface area (Å²) in [7, 11) is 2.87. The first-order valence-electron chi connectivity index (χ1n) is 12.6. The summed E-state index contributed by atoms with van der Waals surface area (Å²) in [6.07, 6.45) is 0.900. The molecule has 4 rings (SSSR count). The van der Waals surface area contributed by atoms with Gasteiger partial charge in [-0.15, -0.1) is 22.7 Å². The van der Waals surface area contributed by atoms with Gasteiger partial charge in [0.1, 0.15) is 13.2 Å². The van der Waals surface area contributed by atoms with E-state index in [0.717, 1.165) is 4.88 Å². The monoisotopic (exact) mass is 605 g/mol. The normalized spacial score (nSPS) is 11.9.